The highest BCUT2D eigenvalue weighted by molar-refractivity contribution is 5.37. The van der Waals surface area contributed by atoms with Gasteiger partial charge < -0.3 is 0 Å². The van der Waals surface area contributed by atoms with Crippen LogP contribution in [0.4, 0.5) is 0 Å². The second-order valence-electron chi connectivity index (χ2n) is 6.33. The lowest BCUT2D eigenvalue weighted by Gasteiger charge is -2.29. The Morgan fingerprint density at radius 3 is 2.06 bits per heavy atom. The Bertz CT molecular complexity index is 366. The highest BCUT2D eigenvalue weighted by Crippen LogP contribution is 2.72. The molecule has 1 aromatic rings. The third kappa shape index (κ3) is 1.43. The molecule has 0 atom stereocenters. The van der Waals surface area contributed by atoms with Crippen molar-refractivity contribution in [3.63, 3.8) is 0 Å². The Labute approximate surface area is 99.1 Å². The molecular weight excluding hydrogens is 192 g/mol. The third-order valence-electron chi connectivity index (χ3n) is 4.74. The van der Waals surface area contributed by atoms with Crippen molar-refractivity contribution in [2.45, 2.75) is 51.4 Å². The lowest BCUT2D eigenvalue weighted by molar-refractivity contribution is 0.304. The molecule has 0 N–H and O–H groups in total. The molecule has 3 rings (SSSR count). The van der Waals surface area contributed by atoms with Crippen molar-refractivity contribution in [2.24, 2.45) is 11.3 Å². The van der Waals surface area contributed by atoms with Crippen LogP contribution in [-0.4, -0.2) is 0 Å². The molecule has 0 unspecified atom stereocenters. The third-order valence-corrected chi connectivity index (χ3v) is 4.74. The molecule has 16 heavy (non-hydrogen) atoms. The minimum atomic E-state index is 0.582. The Balaban J connectivity index is 1.89. The Morgan fingerprint density at radius 1 is 1.00 bits per heavy atom. The first kappa shape index (κ1) is 10.4. The van der Waals surface area contributed by atoms with Gasteiger partial charge in [-0.25, -0.2) is 0 Å². The van der Waals surface area contributed by atoms with Crippen molar-refractivity contribution in [2.75, 3.05) is 0 Å². The summed E-state index contributed by atoms with van der Waals surface area (Å²) in [6.07, 6.45) is 7.25. The molecule has 0 radical (unpaired) electrons. The van der Waals surface area contributed by atoms with E-state index in [-0.39, 0.29) is 0 Å². The van der Waals surface area contributed by atoms with E-state index in [1.165, 1.54) is 32.1 Å². The fourth-order valence-electron chi connectivity index (χ4n) is 3.82. The molecule has 2 aliphatic carbocycles. The lowest BCUT2D eigenvalue weighted by Crippen LogP contribution is -2.23. The molecule has 0 saturated heterocycles. The van der Waals surface area contributed by atoms with Crippen molar-refractivity contribution in [1.29, 1.82) is 0 Å². The summed E-state index contributed by atoms with van der Waals surface area (Å²) in [5.41, 5.74) is 2.88. The van der Waals surface area contributed by atoms with Crippen molar-refractivity contribution in [3.8, 4) is 0 Å². The summed E-state index contributed by atoms with van der Waals surface area (Å²) < 4.78 is 0. The average Bonchev–Trinajstić information content (AvgIpc) is 3.12. The van der Waals surface area contributed by atoms with Crippen molar-refractivity contribution >= 4 is 0 Å². The van der Waals surface area contributed by atoms with Crippen LogP contribution in [0, 0.1) is 11.3 Å². The second-order valence-corrected chi connectivity index (χ2v) is 6.33. The van der Waals surface area contributed by atoms with Crippen LogP contribution in [0.3, 0.4) is 0 Å². The van der Waals surface area contributed by atoms with E-state index in [2.05, 4.69) is 44.2 Å². The van der Waals surface area contributed by atoms with Crippen molar-refractivity contribution in [3.05, 3.63) is 35.9 Å². The topological polar surface area (TPSA) is 0 Å². The van der Waals surface area contributed by atoms with E-state index < -0.39 is 0 Å². The van der Waals surface area contributed by atoms with Crippen LogP contribution in [0.2, 0.25) is 0 Å². The van der Waals surface area contributed by atoms with Gasteiger partial charge in [0.15, 0.2) is 0 Å². The maximum Gasteiger partial charge on any atom is 0.00101 e. The van der Waals surface area contributed by atoms with Gasteiger partial charge in [-0.3, -0.25) is 0 Å². The Hall–Kier alpha value is -0.780. The maximum atomic E-state index is 2.38. The SMILES string of the molecule is CC(C)CC1(C2(c3ccccc3)CC2)CC1. The summed E-state index contributed by atoms with van der Waals surface area (Å²) >= 11 is 0. The van der Waals surface area contributed by atoms with E-state index in [1.54, 1.807) is 5.56 Å². The molecule has 0 heterocycles. The quantitative estimate of drug-likeness (QED) is 0.690. The van der Waals surface area contributed by atoms with Gasteiger partial charge >= 0.3 is 0 Å². The van der Waals surface area contributed by atoms with Crippen molar-refractivity contribution < 1.29 is 0 Å². The molecule has 2 aliphatic rings. The molecule has 2 fully saturated rings. The zero-order valence-corrected chi connectivity index (χ0v) is 10.5. The number of rotatable bonds is 4. The fourth-order valence-corrected chi connectivity index (χ4v) is 3.82. The maximum absolute atomic E-state index is 2.38. The predicted octanol–water partition coefficient (Wildman–Crippen LogP) is 4.54. The summed E-state index contributed by atoms with van der Waals surface area (Å²) in [6, 6.07) is 11.3. The van der Waals surface area contributed by atoms with Gasteiger partial charge in [0, 0.05) is 5.41 Å². The van der Waals surface area contributed by atoms with Crippen LogP contribution < -0.4 is 0 Å². The largest absolute Gasteiger partial charge is 0.0628 e. The van der Waals surface area contributed by atoms with Crippen LogP contribution in [0.15, 0.2) is 30.3 Å². The summed E-state index contributed by atoms with van der Waals surface area (Å²) in [6.45, 7) is 4.75. The summed E-state index contributed by atoms with van der Waals surface area (Å²) in [4.78, 5) is 0. The van der Waals surface area contributed by atoms with Gasteiger partial charge in [-0.15, -0.1) is 0 Å². The number of hydrogen-bond acceptors (Lipinski definition) is 0. The van der Waals surface area contributed by atoms with Crippen LogP contribution in [-0.2, 0) is 5.41 Å². The Morgan fingerprint density at radius 2 is 1.62 bits per heavy atom. The van der Waals surface area contributed by atoms with Crippen LogP contribution in [0.5, 0.6) is 0 Å². The summed E-state index contributed by atoms with van der Waals surface area (Å²) in [5.74, 6) is 0.851. The predicted molar refractivity (Wildman–Crippen MR) is 68.5 cm³/mol. The van der Waals surface area contributed by atoms with Crippen LogP contribution >= 0.6 is 0 Å². The first-order valence-corrected chi connectivity index (χ1v) is 6.74. The van der Waals surface area contributed by atoms with E-state index in [1.807, 2.05) is 0 Å². The summed E-state index contributed by atoms with van der Waals surface area (Å²) in [5, 5.41) is 0. The minimum absolute atomic E-state index is 0.582. The van der Waals surface area contributed by atoms with Gasteiger partial charge in [0.2, 0.25) is 0 Å². The highest BCUT2D eigenvalue weighted by Gasteiger charge is 2.65. The smallest absolute Gasteiger partial charge is 0.00101 e. The zero-order valence-electron chi connectivity index (χ0n) is 10.5. The molecule has 0 bridgehead atoms. The van der Waals surface area contributed by atoms with Gasteiger partial charge in [-0.1, -0.05) is 44.2 Å². The van der Waals surface area contributed by atoms with E-state index in [0.717, 1.165) is 5.92 Å². The average molecular weight is 214 g/mol. The van der Waals surface area contributed by atoms with Crippen molar-refractivity contribution in [1.82, 2.24) is 0 Å². The van der Waals surface area contributed by atoms with Gasteiger partial charge in [-0.2, -0.15) is 0 Å². The molecule has 2 saturated carbocycles. The molecule has 0 spiro atoms. The fraction of sp³-hybridized carbons (Fsp3) is 0.625. The second kappa shape index (κ2) is 3.35. The highest BCUT2D eigenvalue weighted by atomic mass is 14.7. The lowest BCUT2D eigenvalue weighted by atomic mass is 9.75. The molecule has 0 heteroatoms. The normalized spacial score (nSPS) is 24.4. The first-order chi connectivity index (χ1) is 7.69. The minimum Gasteiger partial charge on any atom is -0.0628 e. The van der Waals surface area contributed by atoms with Gasteiger partial charge in [0.1, 0.15) is 0 Å². The number of benzene rings is 1. The van der Waals surface area contributed by atoms with E-state index >= 15 is 0 Å². The first-order valence-electron chi connectivity index (χ1n) is 6.74. The molecule has 0 aromatic heterocycles. The molecular formula is C16H22. The van der Waals surface area contributed by atoms with Crippen LogP contribution in [0.1, 0.15) is 51.5 Å². The zero-order chi connectivity index (χ0) is 11.2. The molecule has 86 valence electrons. The van der Waals surface area contributed by atoms with Gasteiger partial charge in [0.25, 0.3) is 0 Å². The molecule has 0 amide bonds. The van der Waals surface area contributed by atoms with Crippen LogP contribution in [0.25, 0.3) is 0 Å². The summed E-state index contributed by atoms with van der Waals surface area (Å²) in [7, 11) is 0. The monoisotopic (exact) mass is 214 g/mol. The van der Waals surface area contributed by atoms with E-state index in [0.29, 0.717) is 10.8 Å². The molecule has 0 aliphatic heterocycles. The Kier molecular flexibility index (Phi) is 2.18. The molecule has 0 nitrogen and oxygen atoms in total. The van der Waals surface area contributed by atoms with Gasteiger partial charge in [-0.05, 0) is 49.0 Å². The number of hydrogen-bond donors (Lipinski definition) is 0. The van der Waals surface area contributed by atoms with E-state index in [9.17, 15) is 0 Å². The van der Waals surface area contributed by atoms with E-state index in [4.69, 9.17) is 0 Å². The molecule has 1 aromatic carbocycles. The standard InChI is InChI=1S/C16H22/c1-13(2)12-15(8-9-15)16(10-11-16)14-6-4-3-5-7-14/h3-7,13H,8-12H2,1-2H3. The van der Waals surface area contributed by atoms with Gasteiger partial charge in [0.05, 0.1) is 0 Å².